The van der Waals surface area contributed by atoms with E-state index in [1.54, 1.807) is 6.20 Å². The third kappa shape index (κ3) is 3.00. The van der Waals surface area contributed by atoms with Crippen molar-refractivity contribution in [3.8, 4) is 0 Å². The van der Waals surface area contributed by atoms with Gasteiger partial charge >= 0.3 is 0 Å². The highest BCUT2D eigenvalue weighted by Crippen LogP contribution is 2.34. The molecule has 0 spiro atoms. The van der Waals surface area contributed by atoms with Crippen LogP contribution >= 0.6 is 22.5 Å². The SMILES string of the molecule is C[SH](Cc1ccccc1)c1ccc(Cl)cn1. The van der Waals surface area contributed by atoms with Gasteiger partial charge in [0, 0.05) is 11.9 Å². The maximum absolute atomic E-state index is 5.82. The fourth-order valence-electron chi connectivity index (χ4n) is 1.53. The lowest BCUT2D eigenvalue weighted by atomic mass is 10.2. The number of pyridine rings is 1. The summed E-state index contributed by atoms with van der Waals surface area (Å²) < 4.78 is 0. The van der Waals surface area contributed by atoms with E-state index in [1.807, 2.05) is 18.2 Å². The largest absolute Gasteiger partial charge is 0.250 e. The normalized spacial score (nSPS) is 13.5. The average Bonchev–Trinajstić information content (AvgIpc) is 2.31. The monoisotopic (exact) mass is 251 g/mol. The Bertz CT molecular complexity index is 441. The molecule has 1 unspecified atom stereocenters. The lowest BCUT2D eigenvalue weighted by Crippen LogP contribution is -1.90. The lowest BCUT2D eigenvalue weighted by molar-refractivity contribution is 1.12. The molecule has 1 heterocycles. The smallest absolute Gasteiger partial charge is 0.0766 e. The van der Waals surface area contributed by atoms with Gasteiger partial charge in [0.2, 0.25) is 0 Å². The second-order valence-electron chi connectivity index (χ2n) is 3.68. The highest BCUT2D eigenvalue weighted by Gasteiger charge is 2.03. The molecular formula is C13H14ClNS. The van der Waals surface area contributed by atoms with E-state index >= 15 is 0 Å². The van der Waals surface area contributed by atoms with E-state index in [9.17, 15) is 0 Å². The first kappa shape index (κ1) is 11.5. The first-order valence-corrected chi connectivity index (χ1v) is 7.47. The number of benzene rings is 1. The minimum absolute atomic E-state index is 0.234. The fraction of sp³-hybridized carbons (Fsp3) is 0.154. The van der Waals surface area contributed by atoms with Crippen molar-refractivity contribution >= 4 is 22.5 Å². The van der Waals surface area contributed by atoms with Crippen LogP contribution in [0.2, 0.25) is 5.02 Å². The van der Waals surface area contributed by atoms with Crippen LogP contribution < -0.4 is 0 Å². The van der Waals surface area contributed by atoms with E-state index in [1.165, 1.54) is 5.56 Å². The Morgan fingerprint density at radius 3 is 2.50 bits per heavy atom. The highest BCUT2D eigenvalue weighted by atomic mass is 35.5. The van der Waals surface area contributed by atoms with Crippen molar-refractivity contribution in [1.29, 1.82) is 0 Å². The standard InChI is InChI=1S/C13H14ClNS/c1-16(10-11-5-3-2-4-6-11)13-8-7-12(14)9-15-13/h2-9,16H,10H2,1H3. The predicted molar refractivity (Wildman–Crippen MR) is 72.6 cm³/mol. The molecule has 1 nitrogen and oxygen atoms in total. The van der Waals surface area contributed by atoms with Crippen LogP contribution in [-0.4, -0.2) is 11.2 Å². The van der Waals surface area contributed by atoms with E-state index in [0.29, 0.717) is 5.02 Å². The Balaban J connectivity index is 2.09. The molecule has 84 valence electrons. The summed E-state index contributed by atoms with van der Waals surface area (Å²) >= 11 is 5.82. The van der Waals surface area contributed by atoms with Crippen LogP contribution in [0.3, 0.4) is 0 Å². The van der Waals surface area contributed by atoms with Crippen molar-refractivity contribution in [2.24, 2.45) is 0 Å². The van der Waals surface area contributed by atoms with Crippen LogP contribution in [-0.2, 0) is 5.75 Å². The van der Waals surface area contributed by atoms with Crippen molar-refractivity contribution in [2.75, 3.05) is 6.26 Å². The van der Waals surface area contributed by atoms with Crippen molar-refractivity contribution in [2.45, 2.75) is 10.8 Å². The van der Waals surface area contributed by atoms with Gasteiger partial charge in [0.25, 0.3) is 0 Å². The Labute approximate surface area is 104 Å². The minimum atomic E-state index is -0.234. The average molecular weight is 252 g/mol. The molecule has 2 aromatic rings. The fourth-order valence-corrected chi connectivity index (χ4v) is 3.15. The summed E-state index contributed by atoms with van der Waals surface area (Å²) in [4.78, 5) is 4.37. The van der Waals surface area contributed by atoms with Gasteiger partial charge in [0.1, 0.15) is 0 Å². The summed E-state index contributed by atoms with van der Waals surface area (Å²) in [6.45, 7) is 0. The number of hydrogen-bond acceptors (Lipinski definition) is 1. The summed E-state index contributed by atoms with van der Waals surface area (Å²) in [6, 6.07) is 14.5. The number of halogens is 1. The maximum atomic E-state index is 5.82. The number of hydrogen-bond donors (Lipinski definition) is 1. The van der Waals surface area contributed by atoms with E-state index < -0.39 is 0 Å². The van der Waals surface area contributed by atoms with E-state index in [0.717, 1.165) is 10.8 Å². The zero-order chi connectivity index (χ0) is 11.4. The molecule has 0 saturated heterocycles. The molecule has 0 amide bonds. The summed E-state index contributed by atoms with van der Waals surface area (Å²) in [7, 11) is -0.234. The molecule has 0 fully saturated rings. The lowest BCUT2D eigenvalue weighted by Gasteiger charge is -2.15. The van der Waals surface area contributed by atoms with Crippen molar-refractivity contribution in [3.63, 3.8) is 0 Å². The summed E-state index contributed by atoms with van der Waals surface area (Å²) in [5.74, 6) is 1.07. The Morgan fingerprint density at radius 1 is 1.12 bits per heavy atom. The molecule has 0 aliphatic carbocycles. The zero-order valence-electron chi connectivity index (χ0n) is 9.10. The summed E-state index contributed by atoms with van der Waals surface area (Å²) in [5.41, 5.74) is 1.37. The molecule has 3 heteroatoms. The van der Waals surface area contributed by atoms with E-state index in [2.05, 4.69) is 35.5 Å². The van der Waals surface area contributed by atoms with Crippen LogP contribution in [0.5, 0.6) is 0 Å². The first-order chi connectivity index (χ1) is 7.75. The van der Waals surface area contributed by atoms with E-state index in [-0.39, 0.29) is 10.9 Å². The molecule has 0 aliphatic rings. The van der Waals surface area contributed by atoms with Crippen LogP contribution in [0.1, 0.15) is 5.56 Å². The third-order valence-corrected chi connectivity index (χ3v) is 4.48. The topological polar surface area (TPSA) is 12.9 Å². The van der Waals surface area contributed by atoms with Gasteiger partial charge in [0.05, 0.1) is 10.0 Å². The minimum Gasteiger partial charge on any atom is -0.250 e. The number of nitrogens with zero attached hydrogens (tertiary/aromatic N) is 1. The van der Waals surface area contributed by atoms with Crippen LogP contribution in [0.15, 0.2) is 53.7 Å². The molecule has 2 rings (SSSR count). The Kier molecular flexibility index (Phi) is 3.86. The van der Waals surface area contributed by atoms with Crippen molar-refractivity contribution < 1.29 is 0 Å². The second kappa shape index (κ2) is 5.37. The predicted octanol–water partition coefficient (Wildman–Crippen LogP) is 3.93. The summed E-state index contributed by atoms with van der Waals surface area (Å²) in [6.07, 6.45) is 3.97. The van der Waals surface area contributed by atoms with Crippen LogP contribution in [0, 0.1) is 0 Å². The van der Waals surface area contributed by atoms with Gasteiger partial charge in [-0.3, -0.25) is 4.98 Å². The molecule has 0 saturated carbocycles. The maximum Gasteiger partial charge on any atom is 0.0766 e. The molecule has 1 atom stereocenters. The van der Waals surface area contributed by atoms with Gasteiger partial charge in [0.15, 0.2) is 0 Å². The second-order valence-corrected chi connectivity index (χ2v) is 6.28. The molecule has 16 heavy (non-hydrogen) atoms. The molecular weight excluding hydrogens is 238 g/mol. The molecule has 1 aromatic carbocycles. The first-order valence-electron chi connectivity index (χ1n) is 5.12. The van der Waals surface area contributed by atoms with Crippen LogP contribution in [0.25, 0.3) is 0 Å². The van der Waals surface area contributed by atoms with Crippen LogP contribution in [0.4, 0.5) is 0 Å². The molecule has 0 radical (unpaired) electrons. The zero-order valence-corrected chi connectivity index (χ0v) is 10.7. The van der Waals surface area contributed by atoms with Gasteiger partial charge in [-0.15, -0.1) is 0 Å². The number of thiol groups is 1. The van der Waals surface area contributed by atoms with Gasteiger partial charge in [-0.2, -0.15) is 0 Å². The molecule has 0 bridgehead atoms. The van der Waals surface area contributed by atoms with Crippen molar-refractivity contribution in [3.05, 3.63) is 59.2 Å². The van der Waals surface area contributed by atoms with Gasteiger partial charge < -0.3 is 0 Å². The van der Waals surface area contributed by atoms with E-state index in [4.69, 9.17) is 11.6 Å². The summed E-state index contributed by atoms with van der Waals surface area (Å²) in [5, 5.41) is 1.86. The Hall–Kier alpha value is -0.990. The number of rotatable bonds is 3. The molecule has 0 aliphatic heterocycles. The molecule has 1 aromatic heterocycles. The highest BCUT2D eigenvalue weighted by molar-refractivity contribution is 8.15. The quantitative estimate of drug-likeness (QED) is 0.816. The molecule has 0 N–H and O–H groups in total. The van der Waals surface area contributed by atoms with Gasteiger partial charge in [-0.25, -0.2) is 10.9 Å². The van der Waals surface area contributed by atoms with Crippen molar-refractivity contribution in [1.82, 2.24) is 4.98 Å². The van der Waals surface area contributed by atoms with Gasteiger partial charge in [-0.1, -0.05) is 41.9 Å². The number of aromatic nitrogens is 1. The van der Waals surface area contributed by atoms with Gasteiger partial charge in [-0.05, 0) is 24.0 Å². The Morgan fingerprint density at radius 2 is 1.88 bits per heavy atom. The third-order valence-electron chi connectivity index (χ3n) is 2.37.